The first kappa shape index (κ1) is 6.93. The maximum absolute atomic E-state index is 4.98. The molecule has 0 heterocycles. The fraction of sp³-hybridized carbons (Fsp3) is 0.143. The first-order valence-corrected chi connectivity index (χ1v) is 4.37. The van der Waals surface area contributed by atoms with Crippen LogP contribution in [0.25, 0.3) is 0 Å². The second-order valence-electron chi connectivity index (χ2n) is 1.77. The van der Waals surface area contributed by atoms with Crippen LogP contribution in [0.2, 0.25) is 0 Å². The zero-order valence-corrected chi connectivity index (χ0v) is 8.59. The Kier molecular flexibility index (Phi) is 2.39. The fourth-order valence-corrected chi connectivity index (χ4v) is 1.15. The standard InChI is InChI=1S/C7H7O.Sn.H/c1-8-7-5-3-2-4-6-7;;/h3-6H,1H3;;. The molecule has 0 spiro atoms. The van der Waals surface area contributed by atoms with Gasteiger partial charge in [-0.25, -0.2) is 0 Å². The van der Waals surface area contributed by atoms with Gasteiger partial charge in [0.1, 0.15) is 0 Å². The summed E-state index contributed by atoms with van der Waals surface area (Å²) >= 11 is 1.18. The van der Waals surface area contributed by atoms with Crippen molar-refractivity contribution in [2.24, 2.45) is 0 Å². The summed E-state index contributed by atoms with van der Waals surface area (Å²) in [6.07, 6.45) is 0. The van der Waals surface area contributed by atoms with Crippen LogP contribution in [-0.4, -0.2) is 29.6 Å². The van der Waals surface area contributed by atoms with Crippen LogP contribution >= 0.6 is 0 Å². The van der Waals surface area contributed by atoms with Crippen molar-refractivity contribution < 1.29 is 4.74 Å². The van der Waals surface area contributed by atoms with E-state index < -0.39 is 0 Å². The molecule has 46 valence electrons. The monoisotopic (exact) mass is 228 g/mol. The summed E-state index contributed by atoms with van der Waals surface area (Å²) < 4.78 is 6.37. The summed E-state index contributed by atoms with van der Waals surface area (Å²) in [5.41, 5.74) is 0. The van der Waals surface area contributed by atoms with Crippen molar-refractivity contribution in [3.05, 3.63) is 24.3 Å². The number of methoxy groups -OCH3 is 1. The average Bonchev–Trinajstić information content (AvgIpc) is 1.90. The van der Waals surface area contributed by atoms with E-state index in [0.29, 0.717) is 0 Å². The van der Waals surface area contributed by atoms with E-state index in [1.54, 1.807) is 7.11 Å². The van der Waals surface area contributed by atoms with Crippen LogP contribution in [0.15, 0.2) is 24.3 Å². The molecule has 1 rings (SSSR count). The van der Waals surface area contributed by atoms with E-state index in [1.807, 2.05) is 12.1 Å². The third-order valence-corrected chi connectivity index (χ3v) is 2.21. The van der Waals surface area contributed by atoms with Gasteiger partial charge in [0.2, 0.25) is 0 Å². The first-order chi connectivity index (χ1) is 4.33. The zero-order chi connectivity index (χ0) is 6.69. The van der Waals surface area contributed by atoms with Crippen LogP contribution in [0.3, 0.4) is 0 Å². The van der Waals surface area contributed by atoms with Gasteiger partial charge in [0, 0.05) is 0 Å². The quantitative estimate of drug-likeness (QED) is 0.623. The van der Waals surface area contributed by atoms with Crippen molar-refractivity contribution in [1.29, 1.82) is 0 Å². The predicted molar refractivity (Wildman–Crippen MR) is 39.8 cm³/mol. The summed E-state index contributed by atoms with van der Waals surface area (Å²) in [6.45, 7) is 0. The Balaban J connectivity index is 2.88. The minimum absolute atomic E-state index is 0.938. The number of hydrogen-bond donors (Lipinski definition) is 0. The molecule has 2 heteroatoms. The van der Waals surface area contributed by atoms with E-state index in [1.165, 1.54) is 26.1 Å². The summed E-state index contributed by atoms with van der Waals surface area (Å²) in [6, 6.07) is 8.14. The molecule has 0 saturated carbocycles. The molecule has 0 aliphatic rings. The van der Waals surface area contributed by atoms with E-state index in [-0.39, 0.29) is 0 Å². The predicted octanol–water partition coefficient (Wildman–Crippen LogP) is 0.221. The van der Waals surface area contributed by atoms with E-state index in [4.69, 9.17) is 4.74 Å². The minimum atomic E-state index is 0.938. The third kappa shape index (κ3) is 1.90. The average molecular weight is 227 g/mol. The van der Waals surface area contributed by atoms with Gasteiger partial charge in [-0.15, -0.1) is 0 Å². The summed E-state index contributed by atoms with van der Waals surface area (Å²) in [4.78, 5) is 0. The maximum atomic E-state index is 4.98. The van der Waals surface area contributed by atoms with Gasteiger partial charge in [-0.3, -0.25) is 0 Å². The van der Waals surface area contributed by atoms with Crippen molar-refractivity contribution in [3.8, 4) is 5.75 Å². The normalized spacial score (nSPS) is 9.11. The fourth-order valence-electron chi connectivity index (χ4n) is 0.604. The van der Waals surface area contributed by atoms with Gasteiger partial charge < -0.3 is 0 Å². The Morgan fingerprint density at radius 1 is 1.22 bits per heavy atom. The Labute approximate surface area is 68.1 Å². The van der Waals surface area contributed by atoms with Crippen LogP contribution in [0.1, 0.15) is 0 Å². The Morgan fingerprint density at radius 2 is 1.78 bits per heavy atom. The van der Waals surface area contributed by atoms with Crippen molar-refractivity contribution in [2.45, 2.75) is 0 Å². The number of ether oxygens (including phenoxy) is 1. The molecule has 1 aromatic carbocycles. The third-order valence-electron chi connectivity index (χ3n) is 1.12. The molecule has 0 saturated heterocycles. The van der Waals surface area contributed by atoms with Gasteiger partial charge in [-0.1, -0.05) is 0 Å². The molecule has 0 aromatic heterocycles. The molecular weight excluding hydrogens is 219 g/mol. The molecule has 0 atom stereocenters. The summed E-state index contributed by atoms with van der Waals surface area (Å²) in [5.74, 6) is 0.938. The van der Waals surface area contributed by atoms with Gasteiger partial charge in [-0.05, 0) is 0 Å². The van der Waals surface area contributed by atoms with Crippen molar-refractivity contribution in [1.82, 2.24) is 0 Å². The molecule has 2 radical (unpaired) electrons. The van der Waals surface area contributed by atoms with Crippen molar-refractivity contribution in [2.75, 3.05) is 7.11 Å². The summed E-state index contributed by atoms with van der Waals surface area (Å²) in [5, 5.41) is 0. The molecule has 0 fully saturated rings. The molecule has 0 aliphatic carbocycles. The molecular formula is C7H8OSn. The number of rotatable bonds is 1. The van der Waals surface area contributed by atoms with Gasteiger partial charge in [-0.2, -0.15) is 0 Å². The molecule has 9 heavy (non-hydrogen) atoms. The van der Waals surface area contributed by atoms with Crippen LogP contribution in [0.4, 0.5) is 0 Å². The first-order valence-electron chi connectivity index (χ1n) is 2.72. The zero-order valence-electron chi connectivity index (χ0n) is 5.29. The number of benzene rings is 1. The number of hydrogen-bond acceptors (Lipinski definition) is 1. The van der Waals surface area contributed by atoms with E-state index in [2.05, 4.69) is 12.1 Å². The van der Waals surface area contributed by atoms with Crippen molar-refractivity contribution in [3.63, 3.8) is 0 Å². The van der Waals surface area contributed by atoms with Gasteiger partial charge in [0.05, 0.1) is 0 Å². The molecule has 0 aliphatic heterocycles. The molecule has 0 unspecified atom stereocenters. The van der Waals surface area contributed by atoms with E-state index in [0.717, 1.165) is 5.75 Å². The second-order valence-corrected chi connectivity index (χ2v) is 3.68. The van der Waals surface area contributed by atoms with Crippen LogP contribution in [0.5, 0.6) is 5.75 Å². The molecule has 0 amide bonds. The van der Waals surface area contributed by atoms with Crippen LogP contribution in [-0.2, 0) is 0 Å². The van der Waals surface area contributed by atoms with E-state index >= 15 is 0 Å². The molecule has 1 nitrogen and oxygen atoms in total. The van der Waals surface area contributed by atoms with Crippen LogP contribution < -0.4 is 8.32 Å². The van der Waals surface area contributed by atoms with Crippen LogP contribution in [0, 0.1) is 0 Å². The molecule has 0 bridgehead atoms. The van der Waals surface area contributed by atoms with Gasteiger partial charge in [0.25, 0.3) is 0 Å². The van der Waals surface area contributed by atoms with Gasteiger partial charge >= 0.3 is 68.0 Å². The molecule has 1 aromatic rings. The Morgan fingerprint density at radius 3 is 2.22 bits per heavy atom. The Bertz CT molecular complexity index is 181. The summed E-state index contributed by atoms with van der Waals surface area (Å²) in [7, 11) is 1.68. The van der Waals surface area contributed by atoms with Gasteiger partial charge in [0.15, 0.2) is 0 Å². The Hall–Kier alpha value is -0.181. The second kappa shape index (κ2) is 3.11. The topological polar surface area (TPSA) is 9.23 Å². The molecule has 0 N–H and O–H groups in total. The SMILES string of the molecule is COc1cc[c]([SnH])cc1. The van der Waals surface area contributed by atoms with E-state index in [9.17, 15) is 0 Å². The van der Waals surface area contributed by atoms with Crippen molar-refractivity contribution >= 4 is 26.1 Å².